The summed E-state index contributed by atoms with van der Waals surface area (Å²) in [5, 5.41) is 10.7. The molecule has 0 aliphatic rings. The Morgan fingerprint density at radius 1 is 1.31 bits per heavy atom. The standard InChI is InChI=1S/C9H18N4O2S/c1-16(14,15)9-3-5-10-4-2-7-13-8-6-11-12-13/h6,8,10H,2-5,7,9H2,1H3. The Kier molecular flexibility index (Phi) is 5.41. The highest BCUT2D eigenvalue weighted by atomic mass is 32.2. The van der Waals surface area contributed by atoms with Crippen molar-refractivity contribution in [1.82, 2.24) is 20.3 Å². The maximum Gasteiger partial charge on any atom is 0.147 e. The van der Waals surface area contributed by atoms with Gasteiger partial charge in [0.2, 0.25) is 0 Å². The molecular weight excluding hydrogens is 228 g/mol. The number of aromatic nitrogens is 3. The van der Waals surface area contributed by atoms with E-state index in [1.807, 2.05) is 6.20 Å². The van der Waals surface area contributed by atoms with Crippen molar-refractivity contribution in [3.8, 4) is 0 Å². The SMILES string of the molecule is CS(=O)(=O)CCCNCCCn1ccnn1. The summed E-state index contributed by atoms with van der Waals surface area (Å²) < 4.78 is 23.4. The van der Waals surface area contributed by atoms with Crippen molar-refractivity contribution in [2.75, 3.05) is 25.1 Å². The van der Waals surface area contributed by atoms with Gasteiger partial charge in [-0.15, -0.1) is 5.10 Å². The van der Waals surface area contributed by atoms with Crippen LogP contribution in [0, 0.1) is 0 Å². The van der Waals surface area contributed by atoms with Crippen LogP contribution in [0.5, 0.6) is 0 Å². The molecule has 92 valence electrons. The summed E-state index contributed by atoms with van der Waals surface area (Å²) >= 11 is 0. The Bertz CT molecular complexity index is 374. The van der Waals surface area contributed by atoms with Gasteiger partial charge in [0, 0.05) is 19.0 Å². The number of sulfone groups is 1. The minimum atomic E-state index is -2.81. The van der Waals surface area contributed by atoms with Gasteiger partial charge < -0.3 is 5.32 Å². The molecule has 7 heteroatoms. The van der Waals surface area contributed by atoms with Crippen LogP contribution in [0.3, 0.4) is 0 Å². The Morgan fingerprint density at radius 3 is 2.69 bits per heavy atom. The maximum atomic E-state index is 10.8. The lowest BCUT2D eigenvalue weighted by molar-refractivity contribution is 0.529. The topological polar surface area (TPSA) is 76.9 Å². The first-order valence-corrected chi connectivity index (χ1v) is 7.36. The largest absolute Gasteiger partial charge is 0.317 e. The Morgan fingerprint density at radius 2 is 2.06 bits per heavy atom. The molecule has 6 nitrogen and oxygen atoms in total. The second-order valence-corrected chi connectivity index (χ2v) is 6.01. The predicted molar refractivity (Wildman–Crippen MR) is 61.8 cm³/mol. The fraction of sp³-hybridized carbons (Fsp3) is 0.778. The van der Waals surface area contributed by atoms with Gasteiger partial charge in [0.25, 0.3) is 0 Å². The van der Waals surface area contributed by atoms with E-state index >= 15 is 0 Å². The molecule has 0 spiro atoms. The van der Waals surface area contributed by atoms with E-state index in [0.717, 1.165) is 26.1 Å². The van der Waals surface area contributed by atoms with Gasteiger partial charge in [-0.2, -0.15) is 0 Å². The first kappa shape index (κ1) is 13.1. The molecule has 1 aromatic rings. The lowest BCUT2D eigenvalue weighted by Gasteiger charge is -2.03. The molecule has 0 saturated carbocycles. The zero-order valence-corrected chi connectivity index (χ0v) is 10.3. The van der Waals surface area contributed by atoms with Crippen LogP contribution >= 0.6 is 0 Å². The third kappa shape index (κ3) is 6.52. The molecule has 1 aromatic heterocycles. The van der Waals surface area contributed by atoms with E-state index in [1.165, 1.54) is 6.26 Å². The first-order chi connectivity index (χ1) is 7.58. The molecule has 0 radical (unpaired) electrons. The van der Waals surface area contributed by atoms with Crippen LogP contribution in [0.2, 0.25) is 0 Å². The average Bonchev–Trinajstić information content (AvgIpc) is 2.67. The fourth-order valence-electron chi connectivity index (χ4n) is 1.30. The molecule has 0 aliphatic carbocycles. The lowest BCUT2D eigenvalue weighted by atomic mass is 10.4. The Labute approximate surface area is 96.0 Å². The summed E-state index contributed by atoms with van der Waals surface area (Å²) in [6, 6.07) is 0. The van der Waals surface area contributed by atoms with Gasteiger partial charge in [0.15, 0.2) is 0 Å². The summed E-state index contributed by atoms with van der Waals surface area (Å²) in [4.78, 5) is 0. The third-order valence-corrected chi connectivity index (χ3v) is 3.11. The van der Waals surface area contributed by atoms with Crippen molar-refractivity contribution in [3.05, 3.63) is 12.4 Å². The summed E-state index contributed by atoms with van der Waals surface area (Å²) in [6.07, 6.45) is 6.37. The highest BCUT2D eigenvalue weighted by Gasteiger charge is 2.00. The molecule has 1 rings (SSSR count). The maximum absolute atomic E-state index is 10.8. The molecule has 0 bridgehead atoms. The van der Waals surface area contributed by atoms with Crippen molar-refractivity contribution in [2.45, 2.75) is 19.4 Å². The van der Waals surface area contributed by atoms with Crippen LogP contribution in [0.1, 0.15) is 12.8 Å². The molecule has 0 fully saturated rings. The van der Waals surface area contributed by atoms with Crippen molar-refractivity contribution < 1.29 is 8.42 Å². The fourth-order valence-corrected chi connectivity index (χ4v) is 1.97. The van der Waals surface area contributed by atoms with E-state index in [9.17, 15) is 8.42 Å². The van der Waals surface area contributed by atoms with Crippen LogP contribution < -0.4 is 5.32 Å². The van der Waals surface area contributed by atoms with Crippen molar-refractivity contribution >= 4 is 9.84 Å². The zero-order chi connectivity index (χ0) is 11.9. The Hall–Kier alpha value is -0.950. The highest BCUT2D eigenvalue weighted by molar-refractivity contribution is 7.90. The van der Waals surface area contributed by atoms with Gasteiger partial charge in [-0.05, 0) is 25.9 Å². The Balaban J connectivity index is 1.93. The number of hydrogen-bond donors (Lipinski definition) is 1. The molecule has 0 unspecified atom stereocenters. The number of rotatable bonds is 8. The van der Waals surface area contributed by atoms with Crippen molar-refractivity contribution in [1.29, 1.82) is 0 Å². The minimum Gasteiger partial charge on any atom is -0.317 e. The van der Waals surface area contributed by atoms with E-state index in [-0.39, 0.29) is 5.75 Å². The van der Waals surface area contributed by atoms with E-state index in [1.54, 1.807) is 10.9 Å². The second kappa shape index (κ2) is 6.59. The number of nitrogens with zero attached hydrogens (tertiary/aromatic N) is 3. The third-order valence-electron chi connectivity index (χ3n) is 2.08. The van der Waals surface area contributed by atoms with E-state index in [2.05, 4.69) is 15.6 Å². The summed E-state index contributed by atoms with van der Waals surface area (Å²) in [7, 11) is -2.81. The molecule has 0 atom stereocenters. The van der Waals surface area contributed by atoms with Crippen molar-refractivity contribution in [2.24, 2.45) is 0 Å². The van der Waals surface area contributed by atoms with Gasteiger partial charge in [-0.25, -0.2) is 8.42 Å². The van der Waals surface area contributed by atoms with Crippen LogP contribution in [0.25, 0.3) is 0 Å². The average molecular weight is 246 g/mol. The quantitative estimate of drug-likeness (QED) is 0.637. The number of hydrogen-bond acceptors (Lipinski definition) is 5. The van der Waals surface area contributed by atoms with E-state index < -0.39 is 9.84 Å². The van der Waals surface area contributed by atoms with Crippen LogP contribution in [-0.4, -0.2) is 48.5 Å². The normalized spacial score (nSPS) is 11.8. The number of aryl methyl sites for hydroxylation is 1. The molecular formula is C9H18N4O2S. The smallest absolute Gasteiger partial charge is 0.147 e. The summed E-state index contributed by atoms with van der Waals surface area (Å²) in [5.74, 6) is 0.253. The minimum absolute atomic E-state index is 0.253. The predicted octanol–water partition coefficient (Wildman–Crippen LogP) is -0.307. The molecule has 0 aliphatic heterocycles. The molecule has 1 N–H and O–H groups in total. The van der Waals surface area contributed by atoms with E-state index in [0.29, 0.717) is 6.42 Å². The molecule has 0 saturated heterocycles. The van der Waals surface area contributed by atoms with Crippen LogP contribution in [-0.2, 0) is 16.4 Å². The molecule has 16 heavy (non-hydrogen) atoms. The monoisotopic (exact) mass is 246 g/mol. The number of nitrogens with one attached hydrogen (secondary N) is 1. The van der Waals surface area contributed by atoms with Gasteiger partial charge in [0.1, 0.15) is 9.84 Å². The van der Waals surface area contributed by atoms with Crippen molar-refractivity contribution in [3.63, 3.8) is 0 Å². The molecule has 0 aromatic carbocycles. The summed E-state index contributed by atoms with van der Waals surface area (Å²) in [5.41, 5.74) is 0. The van der Waals surface area contributed by atoms with E-state index in [4.69, 9.17) is 0 Å². The van der Waals surface area contributed by atoms with Gasteiger partial charge in [0.05, 0.1) is 11.9 Å². The molecule has 1 heterocycles. The second-order valence-electron chi connectivity index (χ2n) is 3.75. The zero-order valence-electron chi connectivity index (χ0n) is 9.46. The van der Waals surface area contributed by atoms with Gasteiger partial charge in [-0.1, -0.05) is 5.21 Å². The molecule has 0 amide bonds. The lowest BCUT2D eigenvalue weighted by Crippen LogP contribution is -2.20. The highest BCUT2D eigenvalue weighted by Crippen LogP contribution is 1.88. The summed E-state index contributed by atoms with van der Waals surface area (Å²) in [6.45, 7) is 2.44. The van der Waals surface area contributed by atoms with Crippen LogP contribution in [0.15, 0.2) is 12.4 Å². The van der Waals surface area contributed by atoms with Gasteiger partial charge in [-0.3, -0.25) is 4.68 Å². The van der Waals surface area contributed by atoms with Gasteiger partial charge >= 0.3 is 0 Å². The first-order valence-electron chi connectivity index (χ1n) is 5.30. The van der Waals surface area contributed by atoms with Crippen LogP contribution in [0.4, 0.5) is 0 Å².